The van der Waals surface area contributed by atoms with Gasteiger partial charge in [0.05, 0.1) is 28.8 Å². The van der Waals surface area contributed by atoms with Crippen LogP contribution in [0.1, 0.15) is 20.7 Å². The van der Waals surface area contributed by atoms with Gasteiger partial charge in [0.25, 0.3) is 5.91 Å². The van der Waals surface area contributed by atoms with Crippen molar-refractivity contribution < 1.29 is 19.1 Å². The maximum atomic E-state index is 12.8. The molecule has 28 heavy (non-hydrogen) atoms. The van der Waals surface area contributed by atoms with Gasteiger partial charge < -0.3 is 24.1 Å². The second-order valence-electron chi connectivity index (χ2n) is 6.75. The van der Waals surface area contributed by atoms with Gasteiger partial charge in [-0.15, -0.1) is 0 Å². The molecule has 148 valence electrons. The Bertz CT molecular complexity index is 994. The molecular formula is C21H25N3O4. The zero-order chi connectivity index (χ0) is 20.1. The van der Waals surface area contributed by atoms with Crippen LogP contribution in [0.2, 0.25) is 0 Å². The summed E-state index contributed by atoms with van der Waals surface area (Å²) in [5, 5.41) is 3.61. The number of para-hydroxylation sites is 1. The molecule has 3 rings (SSSR count). The molecule has 0 atom stereocenters. The first-order chi connectivity index (χ1) is 13.5. The molecule has 1 amide bonds. The molecule has 2 heterocycles. The molecule has 0 aliphatic rings. The third-order valence-corrected chi connectivity index (χ3v) is 4.47. The number of esters is 1. The highest BCUT2D eigenvalue weighted by Gasteiger charge is 2.20. The number of likely N-dealkylation sites (N-methyl/N-ethyl adjacent to an activating group) is 1. The number of fused-ring (bicyclic) bond motifs is 3. The van der Waals surface area contributed by atoms with Gasteiger partial charge in [-0.2, -0.15) is 0 Å². The predicted octanol–water partition coefficient (Wildman–Crippen LogP) is 2.19. The Labute approximate surface area is 163 Å². The summed E-state index contributed by atoms with van der Waals surface area (Å²) < 4.78 is 12.3. The molecule has 0 spiro atoms. The van der Waals surface area contributed by atoms with Crippen LogP contribution >= 0.6 is 0 Å². The van der Waals surface area contributed by atoms with Crippen LogP contribution in [0.4, 0.5) is 0 Å². The average molecular weight is 383 g/mol. The van der Waals surface area contributed by atoms with Gasteiger partial charge >= 0.3 is 5.97 Å². The number of carbonyl (C=O) groups excluding carboxylic acids is 2. The van der Waals surface area contributed by atoms with E-state index in [4.69, 9.17) is 9.47 Å². The van der Waals surface area contributed by atoms with Gasteiger partial charge in [0.15, 0.2) is 0 Å². The predicted molar refractivity (Wildman–Crippen MR) is 108 cm³/mol. The van der Waals surface area contributed by atoms with E-state index < -0.39 is 0 Å². The minimum atomic E-state index is -0.363. The molecule has 7 nitrogen and oxygen atoms in total. The number of nitrogens with one attached hydrogen (secondary N) is 1. The zero-order valence-electron chi connectivity index (χ0n) is 16.4. The number of amides is 1. The summed E-state index contributed by atoms with van der Waals surface area (Å²) in [7, 11) is 5.44. The molecule has 2 aromatic heterocycles. The van der Waals surface area contributed by atoms with Gasteiger partial charge in [0.1, 0.15) is 6.61 Å². The summed E-state index contributed by atoms with van der Waals surface area (Å²) in [6.45, 7) is 1.85. The SMILES string of the molecule is COCCNC(=O)c1ccc2c(C(=O)OCCN(C)C)c3ccccc3n2c1. The Morgan fingerprint density at radius 1 is 1.07 bits per heavy atom. The molecule has 0 aliphatic heterocycles. The molecule has 1 aromatic carbocycles. The zero-order valence-corrected chi connectivity index (χ0v) is 16.4. The van der Waals surface area contributed by atoms with Crippen LogP contribution < -0.4 is 5.32 Å². The average Bonchev–Trinajstić information content (AvgIpc) is 3.01. The van der Waals surface area contributed by atoms with E-state index in [-0.39, 0.29) is 11.9 Å². The normalized spacial score (nSPS) is 11.3. The highest BCUT2D eigenvalue weighted by Crippen LogP contribution is 2.28. The summed E-state index contributed by atoms with van der Waals surface area (Å²) in [6.07, 6.45) is 1.75. The first kappa shape index (κ1) is 19.9. The van der Waals surface area contributed by atoms with Gasteiger partial charge in [-0.25, -0.2) is 4.79 Å². The summed E-state index contributed by atoms with van der Waals surface area (Å²) in [5.74, 6) is -0.551. The second-order valence-corrected chi connectivity index (χ2v) is 6.75. The quantitative estimate of drug-likeness (QED) is 0.477. The standard InChI is InChI=1S/C21H25N3O4/c1-23(2)11-13-28-21(26)19-16-6-4-5-7-17(16)24-14-15(8-9-18(19)24)20(25)22-10-12-27-3/h4-9,14H,10-13H2,1-3H3,(H,22,25). The summed E-state index contributed by atoms with van der Waals surface area (Å²) in [6, 6.07) is 11.1. The molecule has 0 bridgehead atoms. The number of hydrogen-bond donors (Lipinski definition) is 1. The summed E-state index contributed by atoms with van der Waals surface area (Å²) in [5.41, 5.74) is 2.59. The first-order valence-corrected chi connectivity index (χ1v) is 9.14. The number of carbonyl (C=O) groups is 2. The van der Waals surface area contributed by atoms with Gasteiger partial charge in [-0.1, -0.05) is 18.2 Å². The molecular weight excluding hydrogens is 358 g/mol. The van der Waals surface area contributed by atoms with Gasteiger partial charge in [-0.05, 0) is 32.3 Å². The number of pyridine rings is 1. The van der Waals surface area contributed by atoms with Crippen LogP contribution in [0.3, 0.4) is 0 Å². The van der Waals surface area contributed by atoms with Crippen LogP contribution in [-0.2, 0) is 9.47 Å². The number of methoxy groups -OCH3 is 1. The molecule has 7 heteroatoms. The van der Waals surface area contributed by atoms with Crippen molar-refractivity contribution in [3.05, 3.63) is 53.7 Å². The monoisotopic (exact) mass is 383 g/mol. The molecule has 0 radical (unpaired) electrons. The maximum Gasteiger partial charge on any atom is 0.341 e. The largest absolute Gasteiger partial charge is 0.461 e. The first-order valence-electron chi connectivity index (χ1n) is 9.14. The number of aromatic nitrogens is 1. The van der Waals surface area contributed by atoms with E-state index in [0.717, 1.165) is 10.9 Å². The molecule has 0 unspecified atom stereocenters. The van der Waals surface area contributed by atoms with Crippen molar-refractivity contribution in [2.45, 2.75) is 0 Å². The van der Waals surface area contributed by atoms with E-state index in [1.807, 2.05) is 47.7 Å². The van der Waals surface area contributed by atoms with Crippen molar-refractivity contribution in [2.24, 2.45) is 0 Å². The van der Waals surface area contributed by atoms with E-state index in [9.17, 15) is 9.59 Å². The van der Waals surface area contributed by atoms with Crippen molar-refractivity contribution in [3.63, 3.8) is 0 Å². The van der Waals surface area contributed by atoms with Crippen LogP contribution in [0.5, 0.6) is 0 Å². The molecule has 0 fully saturated rings. The van der Waals surface area contributed by atoms with Crippen LogP contribution in [0.25, 0.3) is 16.4 Å². The lowest BCUT2D eigenvalue weighted by molar-refractivity contribution is 0.0486. The lowest BCUT2D eigenvalue weighted by Gasteiger charge is -2.10. The summed E-state index contributed by atoms with van der Waals surface area (Å²) in [4.78, 5) is 27.1. The fraction of sp³-hybridized carbons (Fsp3) is 0.333. The van der Waals surface area contributed by atoms with E-state index in [1.165, 1.54) is 0 Å². The fourth-order valence-electron chi connectivity index (χ4n) is 3.05. The number of ether oxygens (including phenoxy) is 2. The highest BCUT2D eigenvalue weighted by atomic mass is 16.5. The van der Waals surface area contributed by atoms with Crippen molar-refractivity contribution in [1.82, 2.24) is 14.6 Å². The smallest absolute Gasteiger partial charge is 0.341 e. The van der Waals surface area contributed by atoms with E-state index >= 15 is 0 Å². The minimum absolute atomic E-state index is 0.188. The molecule has 0 saturated carbocycles. The minimum Gasteiger partial charge on any atom is -0.461 e. The number of nitrogens with zero attached hydrogens (tertiary/aromatic N) is 2. The lowest BCUT2D eigenvalue weighted by Crippen LogP contribution is -2.27. The van der Waals surface area contributed by atoms with E-state index in [1.54, 1.807) is 25.4 Å². The van der Waals surface area contributed by atoms with Gasteiger partial charge in [0.2, 0.25) is 0 Å². The van der Waals surface area contributed by atoms with Crippen LogP contribution in [0.15, 0.2) is 42.6 Å². The Kier molecular flexibility index (Phi) is 6.28. The van der Waals surface area contributed by atoms with Crippen molar-refractivity contribution in [3.8, 4) is 0 Å². The number of hydrogen-bond acceptors (Lipinski definition) is 5. The third kappa shape index (κ3) is 4.16. The van der Waals surface area contributed by atoms with Crippen molar-refractivity contribution in [2.75, 3.05) is 47.5 Å². The highest BCUT2D eigenvalue weighted by molar-refractivity contribution is 6.12. The van der Waals surface area contributed by atoms with E-state index in [0.29, 0.717) is 42.9 Å². The van der Waals surface area contributed by atoms with Crippen LogP contribution in [-0.4, -0.2) is 68.7 Å². The number of rotatable bonds is 8. The van der Waals surface area contributed by atoms with Crippen molar-refractivity contribution >= 4 is 28.3 Å². The van der Waals surface area contributed by atoms with Gasteiger partial charge in [0, 0.05) is 31.8 Å². The Balaban J connectivity index is 1.97. The number of benzene rings is 1. The molecule has 0 aliphatic carbocycles. The van der Waals surface area contributed by atoms with E-state index in [2.05, 4.69) is 5.32 Å². The second kappa shape index (κ2) is 8.86. The van der Waals surface area contributed by atoms with Gasteiger partial charge in [-0.3, -0.25) is 4.79 Å². The van der Waals surface area contributed by atoms with Crippen molar-refractivity contribution in [1.29, 1.82) is 0 Å². The lowest BCUT2D eigenvalue weighted by atomic mass is 10.1. The fourth-order valence-corrected chi connectivity index (χ4v) is 3.05. The third-order valence-electron chi connectivity index (χ3n) is 4.47. The van der Waals surface area contributed by atoms with Crippen LogP contribution in [0, 0.1) is 0 Å². The Hall–Kier alpha value is -2.90. The molecule has 3 aromatic rings. The Morgan fingerprint density at radius 3 is 2.61 bits per heavy atom. The maximum absolute atomic E-state index is 12.8. The topological polar surface area (TPSA) is 72.3 Å². The Morgan fingerprint density at radius 2 is 1.86 bits per heavy atom. The molecule has 1 N–H and O–H groups in total. The molecule has 0 saturated heterocycles. The summed E-state index contributed by atoms with van der Waals surface area (Å²) >= 11 is 0.